The maximum Gasteiger partial charge on any atom is 0.165 e. The molecular formula is C3H7BrN4. The minimum atomic E-state index is 0. The third-order valence-corrected chi connectivity index (χ3v) is 0.617. The monoisotopic (exact) mass is 178 g/mol. The molecule has 0 bridgehead atoms. The molecule has 2 N–H and O–H groups in total. The Balaban J connectivity index is 0.000000490. The highest BCUT2D eigenvalue weighted by atomic mass is 79.9. The van der Waals surface area contributed by atoms with Gasteiger partial charge >= 0.3 is 0 Å². The molecule has 1 aromatic rings. The smallest absolute Gasteiger partial charge is 0.165 e. The first kappa shape index (κ1) is 7.42. The van der Waals surface area contributed by atoms with E-state index in [0.29, 0.717) is 5.82 Å². The average Bonchev–Trinajstić information content (AvgIpc) is 1.87. The Morgan fingerprint density at radius 3 is 2.50 bits per heavy atom. The SMILES string of the molecule is Br.Cn1ncc(N)n1. The molecule has 0 atom stereocenters. The van der Waals surface area contributed by atoms with Crippen LogP contribution in [0.2, 0.25) is 0 Å². The zero-order chi connectivity index (χ0) is 5.28. The van der Waals surface area contributed by atoms with Crippen LogP contribution in [0.5, 0.6) is 0 Å². The molecule has 0 fully saturated rings. The van der Waals surface area contributed by atoms with Gasteiger partial charge in [-0.2, -0.15) is 9.90 Å². The van der Waals surface area contributed by atoms with Crippen LogP contribution >= 0.6 is 17.0 Å². The molecule has 5 heteroatoms. The van der Waals surface area contributed by atoms with Crippen LogP contribution in [0, 0.1) is 0 Å². The Bertz CT molecular complexity index is 144. The molecule has 0 saturated heterocycles. The van der Waals surface area contributed by atoms with E-state index in [9.17, 15) is 0 Å². The molecule has 1 aromatic heterocycles. The topological polar surface area (TPSA) is 56.7 Å². The summed E-state index contributed by atoms with van der Waals surface area (Å²) >= 11 is 0. The second kappa shape index (κ2) is 2.66. The molecule has 4 nitrogen and oxygen atoms in total. The third kappa shape index (κ3) is 1.49. The highest BCUT2D eigenvalue weighted by molar-refractivity contribution is 8.93. The molecule has 0 spiro atoms. The van der Waals surface area contributed by atoms with Crippen LogP contribution in [0.25, 0.3) is 0 Å². The van der Waals surface area contributed by atoms with E-state index >= 15 is 0 Å². The quantitative estimate of drug-likeness (QED) is 0.608. The average molecular weight is 179 g/mol. The van der Waals surface area contributed by atoms with E-state index < -0.39 is 0 Å². The first-order valence-corrected chi connectivity index (χ1v) is 1.91. The van der Waals surface area contributed by atoms with Gasteiger partial charge in [0.15, 0.2) is 5.82 Å². The summed E-state index contributed by atoms with van der Waals surface area (Å²) in [5, 5.41) is 7.39. The zero-order valence-corrected chi connectivity index (χ0v) is 6.12. The Labute approximate surface area is 57.4 Å². The molecular weight excluding hydrogens is 172 g/mol. The summed E-state index contributed by atoms with van der Waals surface area (Å²) in [6, 6.07) is 0. The summed E-state index contributed by atoms with van der Waals surface area (Å²) in [5.74, 6) is 0.461. The number of anilines is 1. The lowest BCUT2D eigenvalue weighted by Crippen LogP contribution is -1.92. The van der Waals surface area contributed by atoms with Crippen LogP contribution in [-0.2, 0) is 7.05 Å². The zero-order valence-electron chi connectivity index (χ0n) is 4.40. The fraction of sp³-hybridized carbons (Fsp3) is 0.333. The Morgan fingerprint density at radius 1 is 1.75 bits per heavy atom. The van der Waals surface area contributed by atoms with Crippen LogP contribution in [0.3, 0.4) is 0 Å². The number of aryl methyl sites for hydroxylation is 1. The minimum absolute atomic E-state index is 0. The van der Waals surface area contributed by atoms with E-state index in [1.807, 2.05) is 0 Å². The number of nitrogens with zero attached hydrogens (tertiary/aromatic N) is 3. The molecule has 8 heavy (non-hydrogen) atoms. The van der Waals surface area contributed by atoms with Gasteiger partial charge in [-0.3, -0.25) is 0 Å². The van der Waals surface area contributed by atoms with Crippen LogP contribution in [0.1, 0.15) is 0 Å². The molecule has 0 aromatic carbocycles. The van der Waals surface area contributed by atoms with Gasteiger partial charge in [0.2, 0.25) is 0 Å². The summed E-state index contributed by atoms with van der Waals surface area (Å²) in [7, 11) is 1.72. The van der Waals surface area contributed by atoms with Gasteiger partial charge in [-0.25, -0.2) is 0 Å². The maximum absolute atomic E-state index is 5.18. The van der Waals surface area contributed by atoms with Gasteiger partial charge in [0, 0.05) is 7.05 Å². The van der Waals surface area contributed by atoms with E-state index in [1.54, 1.807) is 7.05 Å². The van der Waals surface area contributed by atoms with Crippen molar-refractivity contribution in [1.82, 2.24) is 15.0 Å². The van der Waals surface area contributed by atoms with Crippen molar-refractivity contribution in [1.29, 1.82) is 0 Å². The normalized spacial score (nSPS) is 8.12. The van der Waals surface area contributed by atoms with Crippen molar-refractivity contribution in [2.45, 2.75) is 0 Å². The molecule has 0 saturated carbocycles. The molecule has 0 aliphatic rings. The molecule has 0 aliphatic heterocycles. The predicted molar refractivity (Wildman–Crippen MR) is 35.7 cm³/mol. The van der Waals surface area contributed by atoms with Gasteiger partial charge < -0.3 is 5.73 Å². The summed E-state index contributed by atoms with van der Waals surface area (Å²) in [6.07, 6.45) is 1.50. The van der Waals surface area contributed by atoms with Crippen molar-refractivity contribution in [3.05, 3.63) is 6.20 Å². The highest BCUT2D eigenvalue weighted by Crippen LogP contribution is 1.85. The second-order valence-corrected chi connectivity index (χ2v) is 1.26. The van der Waals surface area contributed by atoms with Crippen molar-refractivity contribution in [2.24, 2.45) is 7.05 Å². The van der Waals surface area contributed by atoms with E-state index in [1.165, 1.54) is 11.0 Å². The van der Waals surface area contributed by atoms with Gasteiger partial charge in [-0.15, -0.1) is 22.1 Å². The number of rotatable bonds is 0. The van der Waals surface area contributed by atoms with Crippen LogP contribution in [-0.4, -0.2) is 15.0 Å². The summed E-state index contributed by atoms with van der Waals surface area (Å²) in [4.78, 5) is 1.41. The lowest BCUT2D eigenvalue weighted by molar-refractivity contribution is 0.656. The van der Waals surface area contributed by atoms with Crippen molar-refractivity contribution in [3.63, 3.8) is 0 Å². The Kier molecular flexibility index (Phi) is 2.47. The first-order chi connectivity index (χ1) is 3.29. The number of aromatic nitrogens is 3. The summed E-state index contributed by atoms with van der Waals surface area (Å²) < 4.78 is 0. The molecule has 0 aliphatic carbocycles. The van der Waals surface area contributed by atoms with Gasteiger partial charge in [-0.1, -0.05) is 0 Å². The number of hydrogen-bond acceptors (Lipinski definition) is 3. The fourth-order valence-corrected chi connectivity index (χ4v) is 0.361. The highest BCUT2D eigenvalue weighted by Gasteiger charge is 1.84. The van der Waals surface area contributed by atoms with Crippen LogP contribution in [0.15, 0.2) is 6.20 Å². The largest absolute Gasteiger partial charge is 0.381 e. The molecule has 46 valence electrons. The van der Waals surface area contributed by atoms with E-state index in [2.05, 4.69) is 10.2 Å². The fourth-order valence-electron chi connectivity index (χ4n) is 0.361. The van der Waals surface area contributed by atoms with Crippen molar-refractivity contribution < 1.29 is 0 Å². The summed E-state index contributed by atoms with van der Waals surface area (Å²) in [6.45, 7) is 0. The third-order valence-electron chi connectivity index (χ3n) is 0.617. The molecule has 1 rings (SSSR count). The number of nitrogens with two attached hydrogens (primary N) is 1. The van der Waals surface area contributed by atoms with E-state index in [0.717, 1.165) is 0 Å². The number of hydrogen-bond donors (Lipinski definition) is 1. The van der Waals surface area contributed by atoms with Crippen molar-refractivity contribution >= 4 is 22.8 Å². The number of nitrogen functional groups attached to an aromatic ring is 1. The maximum atomic E-state index is 5.18. The molecule has 0 unspecified atom stereocenters. The van der Waals surface area contributed by atoms with Gasteiger partial charge in [0.25, 0.3) is 0 Å². The van der Waals surface area contributed by atoms with Crippen molar-refractivity contribution in [3.8, 4) is 0 Å². The lowest BCUT2D eigenvalue weighted by Gasteiger charge is -1.77. The number of halogens is 1. The van der Waals surface area contributed by atoms with Gasteiger partial charge in [-0.05, 0) is 0 Å². The minimum Gasteiger partial charge on any atom is -0.381 e. The first-order valence-electron chi connectivity index (χ1n) is 1.91. The molecule has 0 radical (unpaired) electrons. The van der Waals surface area contributed by atoms with Gasteiger partial charge in [0.05, 0.1) is 6.20 Å². The second-order valence-electron chi connectivity index (χ2n) is 1.26. The van der Waals surface area contributed by atoms with Gasteiger partial charge in [0.1, 0.15) is 0 Å². The van der Waals surface area contributed by atoms with Crippen LogP contribution < -0.4 is 5.73 Å². The van der Waals surface area contributed by atoms with E-state index in [-0.39, 0.29) is 17.0 Å². The Morgan fingerprint density at radius 2 is 2.38 bits per heavy atom. The van der Waals surface area contributed by atoms with Crippen molar-refractivity contribution in [2.75, 3.05) is 5.73 Å². The predicted octanol–water partition coefficient (Wildman–Crippen LogP) is -0.0248. The molecule has 1 heterocycles. The van der Waals surface area contributed by atoms with Crippen LogP contribution in [0.4, 0.5) is 5.82 Å². The molecule has 0 amide bonds. The Hall–Kier alpha value is -0.580. The lowest BCUT2D eigenvalue weighted by atomic mass is 10.8. The summed E-state index contributed by atoms with van der Waals surface area (Å²) in [5.41, 5.74) is 5.18. The van der Waals surface area contributed by atoms with E-state index in [4.69, 9.17) is 5.73 Å². The standard InChI is InChI=1S/C3H6N4.BrH/c1-7-5-2-3(4)6-7;/h2H,1H3,(H2,4,6);1H.